The second-order valence-electron chi connectivity index (χ2n) is 5.79. The van der Waals surface area contributed by atoms with E-state index in [1.54, 1.807) is 12.1 Å². The predicted octanol–water partition coefficient (Wildman–Crippen LogP) is 4.50. The Morgan fingerprint density at radius 2 is 1.70 bits per heavy atom. The van der Waals surface area contributed by atoms with Gasteiger partial charge >= 0.3 is 0 Å². The molecule has 1 amide bonds. The minimum absolute atomic E-state index is 0.127. The van der Waals surface area contributed by atoms with Crippen molar-refractivity contribution < 1.29 is 4.79 Å². The van der Waals surface area contributed by atoms with Crippen LogP contribution in [0.2, 0.25) is 5.02 Å². The van der Waals surface area contributed by atoms with Crippen LogP contribution in [0.3, 0.4) is 0 Å². The molecule has 0 saturated carbocycles. The topological polar surface area (TPSA) is 41.1 Å². The number of anilines is 1. The third kappa shape index (κ3) is 4.73. The molecular weight excluding hydrogens is 308 g/mol. The van der Waals surface area contributed by atoms with Crippen molar-refractivity contribution in [3.8, 4) is 0 Å². The van der Waals surface area contributed by atoms with Crippen LogP contribution in [0.4, 0.5) is 5.69 Å². The molecule has 0 atom stereocenters. The highest BCUT2D eigenvalue weighted by Gasteiger charge is 2.08. The molecule has 3 nitrogen and oxygen atoms in total. The molecule has 122 valence electrons. The summed E-state index contributed by atoms with van der Waals surface area (Å²) in [6.45, 7) is 7.76. The van der Waals surface area contributed by atoms with Crippen molar-refractivity contribution in [1.82, 2.24) is 5.32 Å². The van der Waals surface area contributed by atoms with E-state index in [0.717, 1.165) is 13.0 Å². The van der Waals surface area contributed by atoms with Gasteiger partial charge in [0.1, 0.15) is 0 Å². The number of benzene rings is 2. The molecule has 2 aromatic rings. The van der Waals surface area contributed by atoms with Gasteiger partial charge in [-0.15, -0.1) is 0 Å². The Hall–Kier alpha value is -2.00. The number of hydrogen-bond donors (Lipinski definition) is 2. The van der Waals surface area contributed by atoms with Gasteiger partial charge in [-0.25, -0.2) is 0 Å². The second kappa shape index (κ2) is 8.02. The summed E-state index contributed by atoms with van der Waals surface area (Å²) >= 11 is 6.01. The molecule has 2 N–H and O–H groups in total. The molecule has 0 unspecified atom stereocenters. The van der Waals surface area contributed by atoms with Crippen molar-refractivity contribution in [3.05, 3.63) is 63.7 Å². The Kier molecular flexibility index (Phi) is 6.05. The number of carbonyl (C=O) groups excluding carboxylic acids is 1. The fraction of sp³-hybridized carbons (Fsp3) is 0.316. The van der Waals surface area contributed by atoms with Crippen LogP contribution in [-0.2, 0) is 0 Å². The van der Waals surface area contributed by atoms with Crippen LogP contribution in [0.1, 0.15) is 33.5 Å². The molecule has 0 fully saturated rings. The predicted molar refractivity (Wildman–Crippen MR) is 97.5 cm³/mol. The molecule has 0 aromatic heterocycles. The van der Waals surface area contributed by atoms with E-state index in [1.165, 1.54) is 22.4 Å². The fourth-order valence-electron chi connectivity index (χ4n) is 2.70. The average molecular weight is 331 g/mol. The molecule has 23 heavy (non-hydrogen) atoms. The van der Waals surface area contributed by atoms with E-state index in [9.17, 15) is 4.79 Å². The number of hydrogen-bond acceptors (Lipinski definition) is 2. The van der Waals surface area contributed by atoms with Gasteiger partial charge in [-0.2, -0.15) is 0 Å². The largest absolute Gasteiger partial charge is 0.385 e. The van der Waals surface area contributed by atoms with Gasteiger partial charge in [-0.1, -0.05) is 41.4 Å². The lowest BCUT2D eigenvalue weighted by Gasteiger charge is -2.14. The number of nitrogens with one attached hydrogen (secondary N) is 2. The van der Waals surface area contributed by atoms with E-state index < -0.39 is 0 Å². The van der Waals surface area contributed by atoms with Crippen molar-refractivity contribution in [3.63, 3.8) is 0 Å². The number of halogens is 1. The first-order valence-electron chi connectivity index (χ1n) is 7.83. The highest BCUT2D eigenvalue weighted by atomic mass is 35.5. The molecule has 4 heteroatoms. The third-order valence-electron chi connectivity index (χ3n) is 3.74. The smallest absolute Gasteiger partial charge is 0.252 e. The SMILES string of the molecule is Cc1cc(C)c(NCCCNC(=O)c2ccccc2Cl)c(C)c1. The van der Waals surface area contributed by atoms with Gasteiger partial charge in [0.15, 0.2) is 0 Å². The van der Waals surface area contributed by atoms with E-state index >= 15 is 0 Å². The maximum Gasteiger partial charge on any atom is 0.252 e. The maximum absolute atomic E-state index is 12.0. The van der Waals surface area contributed by atoms with E-state index in [4.69, 9.17) is 11.6 Å². The molecule has 0 heterocycles. The maximum atomic E-state index is 12.0. The molecular formula is C19H23ClN2O. The van der Waals surface area contributed by atoms with Gasteiger partial charge in [0.2, 0.25) is 0 Å². The zero-order valence-electron chi connectivity index (χ0n) is 13.9. The number of amides is 1. The quantitative estimate of drug-likeness (QED) is 0.766. The fourth-order valence-corrected chi connectivity index (χ4v) is 2.92. The van der Waals surface area contributed by atoms with E-state index in [0.29, 0.717) is 17.1 Å². The summed E-state index contributed by atoms with van der Waals surface area (Å²) in [7, 11) is 0. The average Bonchev–Trinajstić information content (AvgIpc) is 2.49. The molecule has 0 aliphatic carbocycles. The monoisotopic (exact) mass is 330 g/mol. The van der Waals surface area contributed by atoms with Crippen molar-refractivity contribution in [1.29, 1.82) is 0 Å². The van der Waals surface area contributed by atoms with Crippen LogP contribution in [0, 0.1) is 20.8 Å². The van der Waals surface area contributed by atoms with Gasteiger partial charge in [-0.05, 0) is 50.5 Å². The minimum Gasteiger partial charge on any atom is -0.385 e. The molecule has 2 rings (SSSR count). The second-order valence-corrected chi connectivity index (χ2v) is 6.20. The molecule has 0 radical (unpaired) electrons. The van der Waals surface area contributed by atoms with Gasteiger partial charge in [0.05, 0.1) is 10.6 Å². The summed E-state index contributed by atoms with van der Waals surface area (Å²) in [4.78, 5) is 12.0. The summed E-state index contributed by atoms with van der Waals surface area (Å²) in [6.07, 6.45) is 0.850. The number of carbonyl (C=O) groups is 1. The van der Waals surface area contributed by atoms with E-state index in [2.05, 4.69) is 43.5 Å². The highest BCUT2D eigenvalue weighted by Crippen LogP contribution is 2.21. The zero-order chi connectivity index (χ0) is 16.8. The number of rotatable bonds is 6. The zero-order valence-corrected chi connectivity index (χ0v) is 14.6. The third-order valence-corrected chi connectivity index (χ3v) is 4.07. The lowest BCUT2D eigenvalue weighted by Crippen LogP contribution is -2.26. The van der Waals surface area contributed by atoms with Crippen LogP contribution in [0.5, 0.6) is 0 Å². The highest BCUT2D eigenvalue weighted by molar-refractivity contribution is 6.33. The van der Waals surface area contributed by atoms with E-state index in [1.807, 2.05) is 12.1 Å². The van der Waals surface area contributed by atoms with Crippen LogP contribution in [0.25, 0.3) is 0 Å². The molecule has 0 bridgehead atoms. The molecule has 2 aromatic carbocycles. The van der Waals surface area contributed by atoms with Crippen LogP contribution >= 0.6 is 11.6 Å². The molecule has 0 aliphatic heterocycles. The Bertz CT molecular complexity index is 675. The van der Waals surface area contributed by atoms with Gasteiger partial charge in [0, 0.05) is 18.8 Å². The molecule has 0 aliphatic rings. The normalized spacial score (nSPS) is 10.4. The van der Waals surface area contributed by atoms with Crippen molar-refractivity contribution in [2.75, 3.05) is 18.4 Å². The lowest BCUT2D eigenvalue weighted by molar-refractivity contribution is 0.0953. The standard InChI is InChI=1S/C19H23ClN2O/c1-13-11-14(2)18(15(3)12-13)21-9-6-10-22-19(23)16-7-4-5-8-17(16)20/h4-5,7-8,11-12,21H,6,9-10H2,1-3H3,(H,22,23). The Balaban J connectivity index is 1.79. The molecule has 0 saturated heterocycles. The summed E-state index contributed by atoms with van der Waals surface area (Å²) in [6, 6.07) is 11.4. The first-order chi connectivity index (χ1) is 11.0. The van der Waals surface area contributed by atoms with Gasteiger partial charge < -0.3 is 10.6 Å². The van der Waals surface area contributed by atoms with Gasteiger partial charge in [-0.3, -0.25) is 4.79 Å². The van der Waals surface area contributed by atoms with Crippen molar-refractivity contribution in [2.45, 2.75) is 27.2 Å². The summed E-state index contributed by atoms with van der Waals surface area (Å²) in [5.74, 6) is -0.127. The summed E-state index contributed by atoms with van der Waals surface area (Å²) < 4.78 is 0. The van der Waals surface area contributed by atoms with Crippen molar-refractivity contribution >= 4 is 23.2 Å². The van der Waals surface area contributed by atoms with Crippen LogP contribution in [0.15, 0.2) is 36.4 Å². The molecule has 0 spiro atoms. The van der Waals surface area contributed by atoms with Crippen molar-refractivity contribution in [2.24, 2.45) is 0 Å². The number of aryl methyl sites for hydroxylation is 3. The first-order valence-corrected chi connectivity index (χ1v) is 8.21. The Morgan fingerprint density at radius 1 is 1.04 bits per heavy atom. The van der Waals surface area contributed by atoms with Crippen LogP contribution in [-0.4, -0.2) is 19.0 Å². The first kappa shape index (κ1) is 17.4. The Morgan fingerprint density at radius 3 is 2.35 bits per heavy atom. The lowest BCUT2D eigenvalue weighted by atomic mass is 10.1. The summed E-state index contributed by atoms with van der Waals surface area (Å²) in [5.41, 5.74) is 5.49. The minimum atomic E-state index is -0.127. The van der Waals surface area contributed by atoms with Gasteiger partial charge in [0.25, 0.3) is 5.91 Å². The Labute approximate surface area is 143 Å². The van der Waals surface area contributed by atoms with Crippen LogP contribution < -0.4 is 10.6 Å². The van der Waals surface area contributed by atoms with E-state index in [-0.39, 0.29) is 5.91 Å². The summed E-state index contributed by atoms with van der Waals surface area (Å²) in [5, 5.41) is 6.84.